The van der Waals surface area contributed by atoms with Gasteiger partial charge in [0.05, 0.1) is 39.8 Å². The van der Waals surface area contributed by atoms with E-state index >= 15 is 0 Å². The Hall–Kier alpha value is -4.67. The normalized spacial score (nSPS) is 37.6. The summed E-state index contributed by atoms with van der Waals surface area (Å²) in [6.45, 7) is 0. The van der Waals surface area contributed by atoms with Gasteiger partial charge in [0.1, 0.15) is 0 Å². The predicted octanol–water partition coefficient (Wildman–Crippen LogP) is 10.6. The summed E-state index contributed by atoms with van der Waals surface area (Å²) in [6.07, 6.45) is 12.7. The largest absolute Gasteiger partial charge is 0.308 e. The van der Waals surface area contributed by atoms with Crippen LogP contribution in [0.2, 0.25) is 0 Å². The van der Waals surface area contributed by atoms with Crippen LogP contribution in [0.25, 0.3) is 49.2 Å². The maximum atomic E-state index is 14.8. The van der Waals surface area contributed by atoms with Gasteiger partial charge in [0.15, 0.2) is 5.78 Å². The number of rotatable bonds is 0. The van der Waals surface area contributed by atoms with Crippen molar-refractivity contribution < 1.29 is 4.79 Å². The summed E-state index contributed by atoms with van der Waals surface area (Å²) in [5.74, 6) is 5.29. The van der Waals surface area contributed by atoms with Crippen LogP contribution in [0, 0.1) is 57.2 Å². The minimum atomic E-state index is 0.145. The summed E-state index contributed by atoms with van der Waals surface area (Å²) in [6, 6.07) is 20.6. The minimum Gasteiger partial charge on any atom is -0.308 e. The van der Waals surface area contributed by atoms with Crippen LogP contribution in [0.4, 0.5) is 0 Å². The molecule has 244 valence electrons. The monoisotopic (exact) mass is 657 g/mol. The van der Waals surface area contributed by atoms with Gasteiger partial charge in [-0.25, -0.2) is 0 Å². The summed E-state index contributed by atoms with van der Waals surface area (Å²) in [7, 11) is 0. The maximum Gasteiger partial charge on any atom is 0.194 e. The molecule has 10 unspecified atom stereocenters. The molecule has 0 saturated heterocycles. The van der Waals surface area contributed by atoms with Gasteiger partial charge in [0, 0.05) is 32.7 Å². The molecule has 0 N–H and O–H groups in total. The predicted molar refractivity (Wildman–Crippen MR) is 195 cm³/mol. The molecule has 10 atom stereocenters. The van der Waals surface area contributed by atoms with Crippen molar-refractivity contribution in [2.75, 3.05) is 0 Å². The van der Waals surface area contributed by atoms with Gasteiger partial charge in [-0.15, -0.1) is 0 Å². The third-order valence-corrected chi connectivity index (χ3v) is 18.0. The van der Waals surface area contributed by atoms with E-state index in [4.69, 9.17) is 0 Å². The van der Waals surface area contributed by atoms with Gasteiger partial charge in [0.25, 0.3) is 0 Å². The Bertz CT molecular complexity index is 2900. The van der Waals surface area contributed by atoms with Gasteiger partial charge < -0.3 is 4.40 Å². The first-order chi connectivity index (χ1) is 25.0. The van der Waals surface area contributed by atoms with Crippen LogP contribution in [0.5, 0.6) is 0 Å². The van der Waals surface area contributed by atoms with E-state index in [0.717, 1.165) is 79.0 Å². The number of fused-ring (bicyclic) bond motifs is 22. The van der Waals surface area contributed by atoms with E-state index in [0.29, 0.717) is 34.5 Å². The third-order valence-electron chi connectivity index (χ3n) is 18.0. The molecular weight excluding hydrogens is 623 g/mol. The summed E-state index contributed by atoms with van der Waals surface area (Å²) in [4.78, 5) is 14.8. The van der Waals surface area contributed by atoms with Crippen LogP contribution in [0.3, 0.4) is 0 Å². The summed E-state index contributed by atoms with van der Waals surface area (Å²) < 4.78 is 2.45. The number of nitrogens with zero attached hydrogens (tertiary/aromatic N) is 3. The fourth-order valence-electron chi connectivity index (χ4n) is 16.6. The van der Waals surface area contributed by atoms with E-state index in [-0.39, 0.29) is 5.78 Å². The molecule has 51 heavy (non-hydrogen) atoms. The number of hydrogen-bond acceptors (Lipinski definition) is 3. The molecule has 6 fully saturated rings. The number of benzene rings is 4. The third kappa shape index (κ3) is 2.45. The Morgan fingerprint density at radius 1 is 0.588 bits per heavy atom. The van der Waals surface area contributed by atoms with Crippen LogP contribution < -0.4 is 0 Å². The molecular formula is C47H35N3O. The summed E-state index contributed by atoms with van der Waals surface area (Å²) in [5.41, 5.74) is 15.5. The number of hydrogen-bond donors (Lipinski definition) is 0. The smallest absolute Gasteiger partial charge is 0.194 e. The Morgan fingerprint density at radius 2 is 1.10 bits per heavy atom. The molecule has 2 aromatic heterocycles. The lowest BCUT2D eigenvalue weighted by Gasteiger charge is -2.48. The van der Waals surface area contributed by atoms with Crippen molar-refractivity contribution >= 4 is 43.9 Å². The van der Waals surface area contributed by atoms with Gasteiger partial charge >= 0.3 is 0 Å². The molecule has 4 aromatic carbocycles. The van der Waals surface area contributed by atoms with Gasteiger partial charge in [-0.2, -0.15) is 10.5 Å². The maximum absolute atomic E-state index is 14.8. The highest BCUT2D eigenvalue weighted by Gasteiger charge is 2.67. The molecule has 0 amide bonds. The average Bonchev–Trinajstić information content (AvgIpc) is 3.96. The second-order valence-electron chi connectivity index (χ2n) is 19.1. The minimum absolute atomic E-state index is 0.145. The fraction of sp³-hybridized carbons (Fsp3) is 0.426. The summed E-state index contributed by atoms with van der Waals surface area (Å²) >= 11 is 0. The zero-order valence-corrected chi connectivity index (χ0v) is 28.5. The van der Waals surface area contributed by atoms with Crippen molar-refractivity contribution in [2.24, 2.45) is 34.5 Å². The van der Waals surface area contributed by atoms with E-state index in [9.17, 15) is 15.3 Å². The highest BCUT2D eigenvalue weighted by atomic mass is 16.1. The van der Waals surface area contributed by atoms with Gasteiger partial charge in [-0.05, 0) is 174 Å². The number of aromatic nitrogens is 1. The highest BCUT2D eigenvalue weighted by molar-refractivity contribution is 6.37. The number of ketones is 1. The fourth-order valence-corrected chi connectivity index (χ4v) is 16.6. The molecule has 6 saturated carbocycles. The number of carbonyl (C=O) groups is 1. The molecule has 2 heterocycles. The number of carbonyl (C=O) groups excluding carboxylic acids is 1. The Labute approximate surface area is 295 Å². The Kier molecular flexibility index (Phi) is 3.97. The SMILES string of the molecule is N#Cc1cc2c(c3c1C1CC4CC5CC3CC45C1)c1cc3c(c4c5c6c(c(C#N)cc5n2c14)C1CC2CC4CC6CC24C1)C(=O)c1ccccc1-3. The molecule has 6 aromatic rings. The second kappa shape index (κ2) is 7.73. The van der Waals surface area contributed by atoms with Gasteiger partial charge in [-0.3, -0.25) is 4.79 Å². The van der Waals surface area contributed by atoms with Crippen molar-refractivity contribution in [3.63, 3.8) is 0 Å². The first kappa shape index (κ1) is 26.2. The molecule has 4 heteroatoms. The van der Waals surface area contributed by atoms with Crippen LogP contribution in [0.1, 0.15) is 137 Å². The van der Waals surface area contributed by atoms with Crippen LogP contribution in [-0.4, -0.2) is 10.2 Å². The first-order valence-corrected chi connectivity index (χ1v) is 19.9. The number of nitriles is 2. The molecule has 0 aliphatic heterocycles. The van der Waals surface area contributed by atoms with Crippen molar-refractivity contribution in [1.82, 2.24) is 4.40 Å². The Morgan fingerprint density at radius 3 is 1.67 bits per heavy atom. The second-order valence-corrected chi connectivity index (χ2v) is 19.1. The molecule has 9 aliphatic rings. The zero-order chi connectivity index (χ0) is 33.0. The van der Waals surface area contributed by atoms with E-state index in [1.165, 1.54) is 103 Å². The zero-order valence-electron chi connectivity index (χ0n) is 28.5. The quantitative estimate of drug-likeness (QED) is 0.163. The van der Waals surface area contributed by atoms with E-state index in [1.807, 2.05) is 12.1 Å². The van der Waals surface area contributed by atoms with Crippen LogP contribution in [0.15, 0.2) is 42.5 Å². The van der Waals surface area contributed by atoms with Crippen molar-refractivity contribution in [2.45, 2.75) is 87.9 Å². The molecule has 9 aliphatic carbocycles. The van der Waals surface area contributed by atoms with E-state index in [2.05, 4.69) is 46.9 Å². The van der Waals surface area contributed by atoms with E-state index < -0.39 is 0 Å². The van der Waals surface area contributed by atoms with Gasteiger partial charge in [-0.1, -0.05) is 24.3 Å². The van der Waals surface area contributed by atoms with Crippen molar-refractivity contribution in [3.8, 4) is 23.3 Å². The van der Waals surface area contributed by atoms with Crippen LogP contribution >= 0.6 is 0 Å². The topological polar surface area (TPSA) is 69.1 Å². The molecule has 2 spiro atoms. The Balaban J connectivity index is 1.18. The van der Waals surface area contributed by atoms with Crippen molar-refractivity contribution in [1.29, 1.82) is 10.5 Å². The lowest BCUT2D eigenvalue weighted by atomic mass is 9.56. The van der Waals surface area contributed by atoms with E-state index in [1.54, 1.807) is 0 Å². The van der Waals surface area contributed by atoms with Crippen molar-refractivity contribution in [3.05, 3.63) is 87.0 Å². The average molecular weight is 658 g/mol. The lowest BCUT2D eigenvalue weighted by Crippen LogP contribution is -2.41. The molecule has 6 bridgehead atoms. The summed E-state index contributed by atoms with van der Waals surface area (Å²) in [5, 5.41) is 26.9. The molecule has 0 radical (unpaired) electrons. The highest BCUT2D eigenvalue weighted by Crippen LogP contribution is 2.78. The van der Waals surface area contributed by atoms with Crippen LogP contribution in [-0.2, 0) is 0 Å². The lowest BCUT2D eigenvalue weighted by molar-refractivity contribution is 0.00321. The van der Waals surface area contributed by atoms with Gasteiger partial charge in [0.2, 0.25) is 0 Å². The standard InChI is InChI=1S/C47H35N3O/c48-18-24-9-34-40(38-22-7-28-11-26-5-20(36(24)38)14-46(26,28)16-22)33-13-32-30-3-1-2-4-31(30)45(51)41(32)43-42-35(50(34)44(33)43)10-25(19-49)37-21-6-27-12-29-8-23(39(37)42)17-47(27,29)15-21/h1-4,9-10,13,20-23,26-29H,5-8,11-12,14-17H2. The first-order valence-electron chi connectivity index (χ1n) is 19.9. The molecule has 4 nitrogen and oxygen atoms in total. The molecule has 15 rings (SSSR count).